The first-order valence-electron chi connectivity index (χ1n) is 12.7. The molecule has 0 bridgehead atoms. The van der Waals surface area contributed by atoms with Gasteiger partial charge in [0.05, 0.1) is 30.2 Å². The van der Waals surface area contributed by atoms with Gasteiger partial charge in [-0.15, -0.1) is 0 Å². The Kier molecular flexibility index (Phi) is 5.46. The Hall–Kier alpha value is -2.84. The zero-order valence-electron chi connectivity index (χ0n) is 21.0. The van der Waals surface area contributed by atoms with Crippen molar-refractivity contribution in [1.82, 2.24) is 9.97 Å². The first-order valence-corrected chi connectivity index (χ1v) is 12.7. The van der Waals surface area contributed by atoms with Gasteiger partial charge in [-0.05, 0) is 68.4 Å². The van der Waals surface area contributed by atoms with Crippen molar-refractivity contribution < 1.29 is 18.6 Å². The van der Waals surface area contributed by atoms with Crippen LogP contribution in [0.2, 0.25) is 0 Å². The van der Waals surface area contributed by atoms with Crippen molar-refractivity contribution in [1.29, 1.82) is 0 Å². The zero-order chi connectivity index (χ0) is 25.2. The lowest BCUT2D eigenvalue weighted by atomic mass is 9.77. The molecule has 0 amide bonds. The minimum Gasteiger partial charge on any atom is -0.390 e. The molecule has 1 aromatic heterocycles. The molecule has 2 fully saturated rings. The monoisotopic (exact) mass is 494 g/mol. The normalized spacial score (nSPS) is 19.2. The zero-order valence-corrected chi connectivity index (χ0v) is 21.0. The number of nitrogens with zero attached hydrogens (tertiary/aromatic N) is 3. The standard InChI is InChI=1S/C28H32F2N4O2/c1-16-19(6-5-9-23(16)28(29,30)13-35)17(2)31-26-22-10-24(34-11-27(12-34)14-36-15-27)20-7-4-8-21(20)25(22)32-18(3)33-26/h5-6,9-10,17,35H,4,7-8,11-15H2,1-3H3,(H,31,32,33)/t17-/m1/s1. The van der Waals surface area contributed by atoms with Crippen LogP contribution in [0, 0.1) is 19.3 Å². The predicted octanol–water partition coefficient (Wildman–Crippen LogP) is 4.83. The molecule has 2 aliphatic heterocycles. The Balaban J connectivity index is 1.39. The molecule has 3 aliphatic rings. The number of rotatable bonds is 6. The number of ether oxygens (including phenoxy) is 1. The Morgan fingerprint density at radius 3 is 2.61 bits per heavy atom. The van der Waals surface area contributed by atoms with Gasteiger partial charge in [0, 0.05) is 29.7 Å². The summed E-state index contributed by atoms with van der Waals surface area (Å²) in [5, 5.41) is 13.7. The fraction of sp³-hybridized carbons (Fsp3) is 0.500. The van der Waals surface area contributed by atoms with Gasteiger partial charge in [0.15, 0.2) is 0 Å². The second-order valence-electron chi connectivity index (χ2n) is 10.8. The molecule has 1 aliphatic carbocycles. The Labute approximate surface area is 209 Å². The lowest BCUT2D eigenvalue weighted by Gasteiger charge is -2.56. The van der Waals surface area contributed by atoms with Crippen LogP contribution in [0.15, 0.2) is 24.3 Å². The Morgan fingerprint density at radius 1 is 1.17 bits per heavy atom. The highest BCUT2D eigenvalue weighted by atomic mass is 19.3. The average molecular weight is 495 g/mol. The highest BCUT2D eigenvalue weighted by Crippen LogP contribution is 2.46. The van der Waals surface area contributed by atoms with E-state index in [9.17, 15) is 13.9 Å². The first kappa shape index (κ1) is 23.6. The van der Waals surface area contributed by atoms with Gasteiger partial charge < -0.3 is 20.1 Å². The van der Waals surface area contributed by atoms with E-state index in [1.54, 1.807) is 13.0 Å². The van der Waals surface area contributed by atoms with Crippen molar-refractivity contribution in [2.45, 2.75) is 52.0 Å². The maximum atomic E-state index is 14.3. The van der Waals surface area contributed by atoms with Crippen molar-refractivity contribution in [2.24, 2.45) is 5.41 Å². The third-order valence-corrected chi connectivity index (χ3v) is 8.15. The van der Waals surface area contributed by atoms with E-state index in [0.717, 1.165) is 67.8 Å². The van der Waals surface area contributed by atoms with Crippen LogP contribution in [0.5, 0.6) is 0 Å². The van der Waals surface area contributed by atoms with Crippen LogP contribution in [0.3, 0.4) is 0 Å². The summed E-state index contributed by atoms with van der Waals surface area (Å²) >= 11 is 0. The summed E-state index contributed by atoms with van der Waals surface area (Å²) in [6, 6.07) is 6.81. The summed E-state index contributed by atoms with van der Waals surface area (Å²) in [6.45, 7) is 8.05. The average Bonchev–Trinajstić information content (AvgIpc) is 3.28. The number of halogens is 2. The van der Waals surface area contributed by atoms with Gasteiger partial charge in [0.25, 0.3) is 5.92 Å². The second-order valence-corrected chi connectivity index (χ2v) is 10.8. The van der Waals surface area contributed by atoms with Crippen molar-refractivity contribution in [2.75, 3.05) is 43.1 Å². The molecule has 8 heteroatoms. The fourth-order valence-electron chi connectivity index (χ4n) is 6.25. The molecule has 2 aromatic carbocycles. The van der Waals surface area contributed by atoms with Gasteiger partial charge in [-0.25, -0.2) is 9.97 Å². The van der Waals surface area contributed by atoms with Crippen LogP contribution in [-0.4, -0.2) is 48.0 Å². The van der Waals surface area contributed by atoms with E-state index >= 15 is 0 Å². The third kappa shape index (κ3) is 3.65. The van der Waals surface area contributed by atoms with Crippen LogP contribution >= 0.6 is 0 Å². The number of aliphatic hydroxyl groups excluding tert-OH is 1. The number of hydrogen-bond acceptors (Lipinski definition) is 6. The molecule has 1 atom stereocenters. The van der Waals surface area contributed by atoms with Gasteiger partial charge in [-0.1, -0.05) is 18.2 Å². The largest absolute Gasteiger partial charge is 0.390 e. The summed E-state index contributed by atoms with van der Waals surface area (Å²) in [5.41, 5.74) is 6.39. The highest BCUT2D eigenvalue weighted by Gasteiger charge is 2.49. The molecule has 3 aromatic rings. The quantitative estimate of drug-likeness (QED) is 0.512. The van der Waals surface area contributed by atoms with E-state index < -0.39 is 12.5 Å². The van der Waals surface area contributed by atoms with Crippen molar-refractivity contribution in [3.8, 4) is 0 Å². The van der Waals surface area contributed by atoms with E-state index in [-0.39, 0.29) is 11.6 Å². The maximum absolute atomic E-state index is 14.3. The Bertz CT molecular complexity index is 1350. The van der Waals surface area contributed by atoms with E-state index in [4.69, 9.17) is 14.7 Å². The SMILES string of the molecule is Cc1nc(N[C@H](C)c2cccc(C(F)(F)CO)c2C)c2cc(N3CC4(COC4)C3)c3c(c2n1)CCC3. The van der Waals surface area contributed by atoms with E-state index in [1.807, 2.05) is 19.9 Å². The van der Waals surface area contributed by atoms with E-state index in [0.29, 0.717) is 16.8 Å². The van der Waals surface area contributed by atoms with Gasteiger partial charge >= 0.3 is 0 Å². The molecule has 190 valence electrons. The molecule has 0 unspecified atom stereocenters. The number of aryl methyl sites for hydroxylation is 2. The number of hydrogen-bond donors (Lipinski definition) is 2. The number of alkyl halides is 2. The van der Waals surface area contributed by atoms with Gasteiger partial charge in [0.2, 0.25) is 0 Å². The fourth-order valence-corrected chi connectivity index (χ4v) is 6.25. The van der Waals surface area contributed by atoms with Crippen LogP contribution in [0.4, 0.5) is 20.3 Å². The highest BCUT2D eigenvalue weighted by molar-refractivity contribution is 5.96. The molecule has 2 saturated heterocycles. The molecule has 0 radical (unpaired) electrons. The van der Waals surface area contributed by atoms with Crippen molar-refractivity contribution in [3.05, 3.63) is 57.9 Å². The van der Waals surface area contributed by atoms with Crippen molar-refractivity contribution in [3.63, 3.8) is 0 Å². The molecular formula is C28H32F2N4O2. The molecule has 6 nitrogen and oxygen atoms in total. The number of aromatic nitrogens is 2. The lowest BCUT2D eigenvalue weighted by Crippen LogP contribution is -2.66. The smallest absolute Gasteiger partial charge is 0.296 e. The minimum absolute atomic E-state index is 0.147. The Morgan fingerprint density at radius 2 is 1.92 bits per heavy atom. The van der Waals surface area contributed by atoms with Crippen LogP contribution in [0.25, 0.3) is 10.9 Å². The number of anilines is 2. The molecule has 2 N–H and O–H groups in total. The summed E-state index contributed by atoms with van der Waals surface area (Å²) in [7, 11) is 0. The summed E-state index contributed by atoms with van der Waals surface area (Å²) in [4.78, 5) is 12.1. The maximum Gasteiger partial charge on any atom is 0.296 e. The molecule has 36 heavy (non-hydrogen) atoms. The third-order valence-electron chi connectivity index (χ3n) is 8.15. The van der Waals surface area contributed by atoms with Crippen LogP contribution in [-0.2, 0) is 23.5 Å². The number of fused-ring (bicyclic) bond motifs is 3. The molecule has 6 rings (SSSR count). The molecular weight excluding hydrogens is 462 g/mol. The molecule has 0 saturated carbocycles. The van der Waals surface area contributed by atoms with Gasteiger partial charge in [0.1, 0.15) is 18.2 Å². The van der Waals surface area contributed by atoms with E-state index in [1.165, 1.54) is 22.9 Å². The van der Waals surface area contributed by atoms with Crippen molar-refractivity contribution >= 4 is 22.4 Å². The second kappa shape index (κ2) is 8.35. The molecule has 3 heterocycles. The first-order chi connectivity index (χ1) is 17.2. The summed E-state index contributed by atoms with van der Waals surface area (Å²) < 4.78 is 34.2. The summed E-state index contributed by atoms with van der Waals surface area (Å²) in [5.74, 6) is -1.87. The van der Waals surface area contributed by atoms with Gasteiger partial charge in [-0.3, -0.25) is 0 Å². The number of nitrogens with one attached hydrogen (secondary N) is 1. The number of aliphatic hydroxyl groups is 1. The molecule has 1 spiro atoms. The van der Waals surface area contributed by atoms with Gasteiger partial charge in [-0.2, -0.15) is 8.78 Å². The van der Waals surface area contributed by atoms with Crippen LogP contribution < -0.4 is 10.2 Å². The predicted molar refractivity (Wildman–Crippen MR) is 136 cm³/mol. The number of benzene rings is 2. The topological polar surface area (TPSA) is 70.5 Å². The summed E-state index contributed by atoms with van der Waals surface area (Å²) in [6.07, 6.45) is 3.19. The van der Waals surface area contributed by atoms with E-state index in [2.05, 4.69) is 16.3 Å². The minimum atomic E-state index is -3.28. The lowest BCUT2D eigenvalue weighted by molar-refractivity contribution is -0.127. The van der Waals surface area contributed by atoms with Crippen LogP contribution in [0.1, 0.15) is 53.0 Å².